The number of aromatic nitrogens is 2. The van der Waals surface area contributed by atoms with Gasteiger partial charge in [0.15, 0.2) is 12.0 Å². The van der Waals surface area contributed by atoms with Crippen LogP contribution < -0.4 is 0 Å². The first-order valence-electron chi connectivity index (χ1n) is 6.04. The molecule has 3 heterocycles. The minimum atomic E-state index is -0.155. The highest BCUT2D eigenvalue weighted by atomic mass is 16.3. The molecule has 1 aliphatic rings. The summed E-state index contributed by atoms with van der Waals surface area (Å²) in [5.41, 5.74) is 1.17. The van der Waals surface area contributed by atoms with Crippen molar-refractivity contribution in [2.24, 2.45) is 0 Å². The predicted molar refractivity (Wildman–Crippen MR) is 65.8 cm³/mol. The Bertz CT molecular complexity index is 641. The summed E-state index contributed by atoms with van der Waals surface area (Å²) in [4.78, 5) is 28.8. The maximum Gasteiger partial charge on any atom is 0.289 e. The first kappa shape index (κ1) is 11.7. The molecule has 0 spiro atoms. The van der Waals surface area contributed by atoms with Gasteiger partial charge in [0.05, 0.1) is 18.6 Å². The van der Waals surface area contributed by atoms with E-state index in [-0.39, 0.29) is 5.91 Å². The van der Waals surface area contributed by atoms with Crippen LogP contribution in [0.2, 0.25) is 0 Å². The summed E-state index contributed by atoms with van der Waals surface area (Å²) in [6, 6.07) is 3.43. The molecule has 0 unspecified atom stereocenters. The second-order valence-electron chi connectivity index (χ2n) is 4.52. The zero-order chi connectivity index (χ0) is 13.4. The number of fused-ring (bicyclic) bond motifs is 1. The van der Waals surface area contributed by atoms with Crippen LogP contribution >= 0.6 is 0 Å². The van der Waals surface area contributed by atoms with E-state index in [0.717, 1.165) is 12.0 Å². The van der Waals surface area contributed by atoms with E-state index in [1.165, 1.54) is 0 Å². The highest BCUT2D eigenvalue weighted by molar-refractivity contribution is 5.91. The summed E-state index contributed by atoms with van der Waals surface area (Å²) in [6.07, 6.45) is 2.36. The van der Waals surface area contributed by atoms with Gasteiger partial charge >= 0.3 is 0 Å². The number of hydrogen-bond acceptors (Lipinski definition) is 4. The average molecular weight is 259 g/mol. The second kappa shape index (κ2) is 4.38. The Morgan fingerprint density at radius 2 is 2.26 bits per heavy atom. The third-order valence-electron chi connectivity index (χ3n) is 3.28. The minimum absolute atomic E-state index is 0.155. The molecule has 98 valence electrons. The van der Waals surface area contributed by atoms with Crippen LogP contribution in [0.4, 0.5) is 0 Å². The number of aryl methyl sites for hydroxylation is 1. The normalized spacial score (nSPS) is 14.3. The quantitative estimate of drug-likeness (QED) is 0.761. The van der Waals surface area contributed by atoms with Crippen molar-refractivity contribution >= 4 is 12.2 Å². The van der Waals surface area contributed by atoms with Gasteiger partial charge in [-0.3, -0.25) is 9.59 Å². The van der Waals surface area contributed by atoms with Crippen molar-refractivity contribution in [3.05, 3.63) is 41.4 Å². The van der Waals surface area contributed by atoms with Crippen LogP contribution in [0.25, 0.3) is 0 Å². The predicted octanol–water partition coefficient (Wildman–Crippen LogP) is 1.25. The Balaban J connectivity index is 1.85. The lowest BCUT2D eigenvalue weighted by Gasteiger charge is -2.27. The van der Waals surface area contributed by atoms with Crippen molar-refractivity contribution in [2.45, 2.75) is 20.0 Å². The molecular formula is C13H13N3O3. The number of amides is 1. The summed E-state index contributed by atoms with van der Waals surface area (Å²) in [5, 5.41) is 0. The van der Waals surface area contributed by atoms with Crippen LogP contribution in [0.3, 0.4) is 0 Å². The van der Waals surface area contributed by atoms with E-state index in [9.17, 15) is 9.59 Å². The lowest BCUT2D eigenvalue weighted by atomic mass is 10.2. The van der Waals surface area contributed by atoms with E-state index in [0.29, 0.717) is 36.8 Å². The summed E-state index contributed by atoms with van der Waals surface area (Å²) in [7, 11) is 0. The van der Waals surface area contributed by atoms with Crippen molar-refractivity contribution in [2.75, 3.05) is 6.54 Å². The monoisotopic (exact) mass is 259 g/mol. The van der Waals surface area contributed by atoms with Gasteiger partial charge in [-0.15, -0.1) is 0 Å². The smallest absolute Gasteiger partial charge is 0.289 e. The van der Waals surface area contributed by atoms with E-state index in [1.807, 2.05) is 4.57 Å². The molecule has 0 saturated heterocycles. The molecule has 0 aromatic carbocycles. The average Bonchev–Trinajstić information content (AvgIpc) is 3.03. The lowest BCUT2D eigenvalue weighted by Crippen LogP contribution is -2.38. The highest BCUT2D eigenvalue weighted by Crippen LogP contribution is 2.18. The molecule has 0 aliphatic carbocycles. The molecule has 0 fully saturated rings. The first-order chi connectivity index (χ1) is 9.19. The zero-order valence-electron chi connectivity index (χ0n) is 10.5. The Kier molecular flexibility index (Phi) is 2.70. The fourth-order valence-electron chi connectivity index (χ4n) is 2.25. The standard InChI is InChI=1S/C13H13N3O3/c1-9-2-3-12(19-9)13(18)15-4-5-16-8-14-10(7-17)11(16)6-15/h2-3,7-8H,4-6H2,1H3. The SMILES string of the molecule is Cc1ccc(C(=O)N2CCn3cnc(C=O)c3C2)o1. The van der Waals surface area contributed by atoms with Crippen molar-refractivity contribution in [3.8, 4) is 0 Å². The minimum Gasteiger partial charge on any atom is -0.456 e. The number of hydrogen-bond donors (Lipinski definition) is 0. The molecule has 0 N–H and O–H groups in total. The Hall–Kier alpha value is -2.37. The number of nitrogens with zero attached hydrogens (tertiary/aromatic N) is 3. The Morgan fingerprint density at radius 1 is 1.42 bits per heavy atom. The molecule has 2 aromatic heterocycles. The third kappa shape index (κ3) is 1.95. The summed E-state index contributed by atoms with van der Waals surface area (Å²) in [6.45, 7) is 3.40. The van der Waals surface area contributed by atoms with E-state index in [4.69, 9.17) is 4.42 Å². The van der Waals surface area contributed by atoms with E-state index in [1.54, 1.807) is 30.3 Å². The van der Waals surface area contributed by atoms with Gasteiger partial charge in [0.25, 0.3) is 5.91 Å². The summed E-state index contributed by atoms with van der Waals surface area (Å²) >= 11 is 0. The fourth-order valence-corrected chi connectivity index (χ4v) is 2.25. The lowest BCUT2D eigenvalue weighted by molar-refractivity contribution is 0.0676. The van der Waals surface area contributed by atoms with Crippen LogP contribution in [0, 0.1) is 6.92 Å². The van der Waals surface area contributed by atoms with Crippen LogP contribution in [-0.2, 0) is 13.1 Å². The molecule has 0 saturated carbocycles. The molecule has 2 aromatic rings. The Morgan fingerprint density at radius 3 is 2.95 bits per heavy atom. The van der Waals surface area contributed by atoms with Gasteiger partial charge in [-0.1, -0.05) is 0 Å². The summed E-state index contributed by atoms with van der Waals surface area (Å²) in [5.74, 6) is 0.884. The Labute approximate surface area is 109 Å². The number of rotatable bonds is 2. The summed E-state index contributed by atoms with van der Waals surface area (Å²) < 4.78 is 7.25. The number of aldehydes is 1. The van der Waals surface area contributed by atoms with E-state index < -0.39 is 0 Å². The number of imidazole rings is 1. The van der Waals surface area contributed by atoms with Gasteiger partial charge in [-0.25, -0.2) is 4.98 Å². The van der Waals surface area contributed by atoms with Gasteiger partial charge in [0.1, 0.15) is 11.5 Å². The fraction of sp³-hybridized carbons (Fsp3) is 0.308. The van der Waals surface area contributed by atoms with Crippen molar-refractivity contribution in [3.63, 3.8) is 0 Å². The molecule has 0 radical (unpaired) electrons. The largest absolute Gasteiger partial charge is 0.456 e. The van der Waals surface area contributed by atoms with E-state index in [2.05, 4.69) is 4.98 Å². The van der Waals surface area contributed by atoms with Crippen LogP contribution in [0.5, 0.6) is 0 Å². The maximum atomic E-state index is 12.3. The van der Waals surface area contributed by atoms with Crippen LogP contribution in [0.1, 0.15) is 32.5 Å². The number of carbonyl (C=O) groups excluding carboxylic acids is 2. The molecule has 19 heavy (non-hydrogen) atoms. The topological polar surface area (TPSA) is 68.3 Å². The van der Waals surface area contributed by atoms with Crippen molar-refractivity contribution in [1.82, 2.24) is 14.5 Å². The zero-order valence-corrected chi connectivity index (χ0v) is 10.5. The highest BCUT2D eigenvalue weighted by Gasteiger charge is 2.25. The van der Waals surface area contributed by atoms with Gasteiger partial charge in [-0.2, -0.15) is 0 Å². The third-order valence-corrected chi connectivity index (χ3v) is 3.28. The van der Waals surface area contributed by atoms with E-state index >= 15 is 0 Å². The molecule has 0 atom stereocenters. The molecule has 6 heteroatoms. The molecule has 1 aliphatic heterocycles. The van der Waals surface area contributed by atoms with Gasteiger partial charge in [0, 0.05) is 13.1 Å². The first-order valence-corrected chi connectivity index (χ1v) is 6.04. The number of furan rings is 1. The maximum absolute atomic E-state index is 12.3. The molecule has 6 nitrogen and oxygen atoms in total. The van der Waals surface area contributed by atoms with Crippen molar-refractivity contribution in [1.29, 1.82) is 0 Å². The molecule has 0 bridgehead atoms. The molecule has 1 amide bonds. The van der Waals surface area contributed by atoms with Crippen molar-refractivity contribution < 1.29 is 14.0 Å². The molecular weight excluding hydrogens is 246 g/mol. The van der Waals surface area contributed by atoms with Gasteiger partial charge in [-0.05, 0) is 19.1 Å². The molecule has 3 rings (SSSR count). The van der Waals surface area contributed by atoms with Crippen LogP contribution in [-0.4, -0.2) is 33.2 Å². The van der Waals surface area contributed by atoms with Gasteiger partial charge in [0.2, 0.25) is 0 Å². The van der Waals surface area contributed by atoms with Crippen LogP contribution in [0.15, 0.2) is 22.9 Å². The van der Waals surface area contributed by atoms with Gasteiger partial charge < -0.3 is 13.9 Å². The number of carbonyl (C=O) groups is 2. The second-order valence-corrected chi connectivity index (χ2v) is 4.52.